The largest absolute Gasteiger partial charge is 0.491 e. The van der Waals surface area contributed by atoms with Crippen LogP contribution in [0.25, 0.3) is 5.69 Å². The van der Waals surface area contributed by atoms with E-state index in [9.17, 15) is 15.2 Å². The lowest BCUT2D eigenvalue weighted by molar-refractivity contribution is -0.384. The van der Waals surface area contributed by atoms with Gasteiger partial charge in [0.05, 0.1) is 17.1 Å². The van der Waals surface area contributed by atoms with Gasteiger partial charge in [-0.15, -0.1) is 10.2 Å². The van der Waals surface area contributed by atoms with Gasteiger partial charge >= 0.3 is 0 Å². The molecule has 8 nitrogen and oxygen atoms in total. The van der Waals surface area contributed by atoms with Crippen molar-refractivity contribution in [1.29, 1.82) is 0 Å². The van der Waals surface area contributed by atoms with Crippen molar-refractivity contribution in [2.75, 3.05) is 12.4 Å². The topological polar surface area (TPSA) is 103 Å². The number of aromatic nitrogens is 3. The number of nitro groups is 1. The van der Waals surface area contributed by atoms with Crippen LogP contribution in [0.4, 0.5) is 5.69 Å². The zero-order chi connectivity index (χ0) is 19.2. The molecular weight excluding hydrogens is 368 g/mol. The molecule has 0 fully saturated rings. The van der Waals surface area contributed by atoms with E-state index in [-0.39, 0.29) is 12.3 Å². The van der Waals surface area contributed by atoms with Crippen LogP contribution in [0.1, 0.15) is 5.82 Å². The van der Waals surface area contributed by atoms with Crippen molar-refractivity contribution in [2.24, 2.45) is 0 Å². The third-order valence-corrected chi connectivity index (χ3v) is 4.76. The maximum absolute atomic E-state index is 10.8. The summed E-state index contributed by atoms with van der Waals surface area (Å²) in [5.74, 6) is 1.45. The molecule has 1 N–H and O–H groups in total. The second-order valence-electron chi connectivity index (χ2n) is 5.73. The fourth-order valence-corrected chi connectivity index (χ4v) is 3.31. The lowest BCUT2D eigenvalue weighted by Crippen LogP contribution is -2.20. The van der Waals surface area contributed by atoms with Crippen LogP contribution < -0.4 is 4.74 Å². The van der Waals surface area contributed by atoms with Crippen LogP contribution in [0.2, 0.25) is 0 Å². The number of benzene rings is 2. The van der Waals surface area contributed by atoms with Crippen LogP contribution >= 0.6 is 11.8 Å². The number of nitro benzene ring substituents is 1. The molecule has 0 saturated carbocycles. The molecule has 0 aliphatic heterocycles. The number of nitrogens with zero attached hydrogens (tertiary/aromatic N) is 4. The number of ether oxygens (including phenoxy) is 1. The molecule has 9 heteroatoms. The van der Waals surface area contributed by atoms with Crippen LogP contribution in [-0.2, 0) is 0 Å². The number of aliphatic hydroxyl groups excluding tert-OH is 1. The maximum Gasteiger partial charge on any atom is 0.273 e. The van der Waals surface area contributed by atoms with E-state index in [0.29, 0.717) is 16.7 Å². The number of rotatable bonds is 8. The van der Waals surface area contributed by atoms with Crippen molar-refractivity contribution < 1.29 is 14.8 Å². The average Bonchev–Trinajstić information content (AvgIpc) is 3.06. The Morgan fingerprint density at radius 1 is 1.22 bits per heavy atom. The van der Waals surface area contributed by atoms with E-state index >= 15 is 0 Å². The van der Waals surface area contributed by atoms with Crippen molar-refractivity contribution in [1.82, 2.24) is 14.8 Å². The fraction of sp³-hybridized carbons (Fsp3) is 0.222. The first-order valence-corrected chi connectivity index (χ1v) is 9.18. The Morgan fingerprint density at radius 2 is 2.00 bits per heavy atom. The molecule has 1 aromatic heterocycles. The highest BCUT2D eigenvalue weighted by Gasteiger charge is 2.14. The maximum atomic E-state index is 10.8. The van der Waals surface area contributed by atoms with Crippen LogP contribution in [0, 0.1) is 17.0 Å². The van der Waals surface area contributed by atoms with Crippen LogP contribution in [0.3, 0.4) is 0 Å². The zero-order valence-electron chi connectivity index (χ0n) is 14.6. The smallest absolute Gasteiger partial charge is 0.273 e. The van der Waals surface area contributed by atoms with Gasteiger partial charge in [0.25, 0.3) is 5.69 Å². The van der Waals surface area contributed by atoms with Gasteiger partial charge in [0, 0.05) is 17.5 Å². The van der Waals surface area contributed by atoms with Crippen molar-refractivity contribution in [3.8, 4) is 11.4 Å². The lowest BCUT2D eigenvalue weighted by Gasteiger charge is -2.12. The third kappa shape index (κ3) is 4.83. The Bertz CT molecular complexity index is 917. The first kappa shape index (κ1) is 18.9. The van der Waals surface area contributed by atoms with Gasteiger partial charge in [-0.25, -0.2) is 0 Å². The van der Waals surface area contributed by atoms with Gasteiger partial charge in [-0.3, -0.25) is 14.7 Å². The normalized spacial score (nSPS) is 11.9. The molecule has 0 saturated heterocycles. The molecule has 27 heavy (non-hydrogen) atoms. The summed E-state index contributed by atoms with van der Waals surface area (Å²) in [4.78, 5) is 10.3. The first-order valence-electron chi connectivity index (χ1n) is 8.20. The number of non-ortho nitro benzene ring substituents is 1. The number of thioether (sulfide) groups is 1. The van der Waals surface area contributed by atoms with Crippen LogP contribution in [0.15, 0.2) is 59.8 Å². The molecule has 3 rings (SSSR count). The highest BCUT2D eigenvalue weighted by molar-refractivity contribution is 7.99. The Kier molecular flexibility index (Phi) is 6.05. The summed E-state index contributed by atoms with van der Waals surface area (Å²) in [5.41, 5.74) is 0.896. The second kappa shape index (κ2) is 8.65. The van der Waals surface area contributed by atoms with Crippen molar-refractivity contribution in [3.63, 3.8) is 0 Å². The van der Waals surface area contributed by atoms with E-state index in [2.05, 4.69) is 10.2 Å². The highest BCUT2D eigenvalue weighted by atomic mass is 32.2. The Hall–Kier alpha value is -2.91. The third-order valence-electron chi connectivity index (χ3n) is 3.69. The minimum atomic E-state index is -0.768. The first-order chi connectivity index (χ1) is 13.0. The lowest BCUT2D eigenvalue weighted by atomic mass is 10.3. The van der Waals surface area contributed by atoms with Gasteiger partial charge in [-0.2, -0.15) is 0 Å². The SMILES string of the molecule is Cc1nnc(SC[C@@H](O)COc2cccc([N+](=O)[O-])c2)n1-c1ccccc1. The van der Waals surface area contributed by atoms with E-state index < -0.39 is 11.0 Å². The van der Waals surface area contributed by atoms with Gasteiger partial charge < -0.3 is 9.84 Å². The minimum absolute atomic E-state index is 0.0205. The van der Waals surface area contributed by atoms with Crippen molar-refractivity contribution >= 4 is 17.4 Å². The van der Waals surface area contributed by atoms with Gasteiger partial charge in [-0.05, 0) is 25.1 Å². The van der Waals surface area contributed by atoms with Gasteiger partial charge in [-0.1, -0.05) is 36.0 Å². The molecule has 0 aliphatic rings. The molecular formula is C18H18N4O4S. The summed E-state index contributed by atoms with van der Waals surface area (Å²) >= 11 is 1.37. The molecule has 0 spiro atoms. The Morgan fingerprint density at radius 3 is 2.74 bits per heavy atom. The molecule has 140 valence electrons. The van der Waals surface area contributed by atoms with E-state index in [4.69, 9.17) is 4.74 Å². The predicted molar refractivity (Wildman–Crippen MR) is 101 cm³/mol. The summed E-state index contributed by atoms with van der Waals surface area (Å²) in [5, 5.41) is 29.9. The molecule has 1 heterocycles. The molecule has 0 aliphatic carbocycles. The zero-order valence-corrected chi connectivity index (χ0v) is 15.4. The summed E-state index contributed by atoms with van der Waals surface area (Å²) in [6.45, 7) is 1.89. The molecule has 0 unspecified atom stereocenters. The number of hydrogen-bond acceptors (Lipinski definition) is 7. The predicted octanol–water partition coefficient (Wildman–Crippen LogP) is 3.02. The average molecular weight is 386 g/mol. The standard InChI is InChI=1S/C18H18N4O4S/c1-13-19-20-18(21(13)14-6-3-2-4-7-14)27-12-16(23)11-26-17-9-5-8-15(10-17)22(24)25/h2-10,16,23H,11-12H2,1H3/t16-/m0/s1. The summed E-state index contributed by atoms with van der Waals surface area (Å²) in [6, 6.07) is 15.6. The van der Waals surface area contributed by atoms with E-state index in [1.165, 1.54) is 23.9 Å². The Labute approximate surface area is 160 Å². The number of aryl methyl sites for hydroxylation is 1. The van der Waals surface area contributed by atoms with Crippen LogP contribution in [-0.4, -0.2) is 43.3 Å². The summed E-state index contributed by atoms with van der Waals surface area (Å²) in [6.07, 6.45) is -0.768. The molecule has 3 aromatic rings. The quantitative estimate of drug-likeness (QED) is 0.360. The molecule has 0 bridgehead atoms. The molecule has 0 radical (unpaired) electrons. The molecule has 1 atom stereocenters. The van der Waals surface area contributed by atoms with Crippen LogP contribution in [0.5, 0.6) is 5.75 Å². The minimum Gasteiger partial charge on any atom is -0.491 e. The van der Waals surface area contributed by atoms with E-state index in [1.54, 1.807) is 12.1 Å². The number of aliphatic hydroxyl groups is 1. The monoisotopic (exact) mass is 386 g/mol. The number of para-hydroxylation sites is 1. The Balaban J connectivity index is 1.58. The van der Waals surface area contributed by atoms with Gasteiger partial charge in [0.15, 0.2) is 5.16 Å². The van der Waals surface area contributed by atoms with Crippen molar-refractivity contribution in [3.05, 3.63) is 70.5 Å². The van der Waals surface area contributed by atoms with E-state index in [1.807, 2.05) is 41.8 Å². The molecule has 2 aromatic carbocycles. The fourth-order valence-electron chi connectivity index (χ4n) is 2.41. The summed E-state index contributed by atoms with van der Waals surface area (Å²) < 4.78 is 7.37. The van der Waals surface area contributed by atoms with Gasteiger partial charge in [0.1, 0.15) is 18.2 Å². The van der Waals surface area contributed by atoms with E-state index in [0.717, 1.165) is 11.5 Å². The summed E-state index contributed by atoms with van der Waals surface area (Å²) in [7, 11) is 0. The number of hydrogen-bond donors (Lipinski definition) is 1. The van der Waals surface area contributed by atoms with Crippen molar-refractivity contribution in [2.45, 2.75) is 18.2 Å². The van der Waals surface area contributed by atoms with Gasteiger partial charge in [0.2, 0.25) is 0 Å². The highest BCUT2D eigenvalue weighted by Crippen LogP contribution is 2.23. The molecule has 0 amide bonds. The second-order valence-corrected chi connectivity index (χ2v) is 6.72.